The van der Waals surface area contributed by atoms with Gasteiger partial charge in [-0.2, -0.15) is 0 Å². The Morgan fingerprint density at radius 2 is 1.91 bits per heavy atom. The lowest BCUT2D eigenvalue weighted by atomic mass is 10.1. The van der Waals surface area contributed by atoms with E-state index >= 15 is 0 Å². The lowest BCUT2D eigenvalue weighted by Gasteiger charge is -2.17. The minimum Gasteiger partial charge on any atom is -0.353 e. The van der Waals surface area contributed by atoms with Crippen molar-refractivity contribution < 1.29 is 0 Å². The first-order chi connectivity index (χ1) is 10.2. The van der Waals surface area contributed by atoms with Crippen molar-refractivity contribution in [1.82, 2.24) is 15.5 Å². The summed E-state index contributed by atoms with van der Waals surface area (Å²) in [5.41, 5.74) is 2.61. The van der Waals surface area contributed by atoms with E-state index < -0.39 is 0 Å². The lowest BCUT2D eigenvalue weighted by molar-refractivity contribution is 0.402. The maximum Gasteiger partial charge on any atom is 0.191 e. The molecule has 2 N–H and O–H groups in total. The number of nitrogens with zero attached hydrogens (tertiary/aromatic N) is 2. The topological polar surface area (TPSA) is 39.7 Å². The zero-order valence-electron chi connectivity index (χ0n) is 13.7. The van der Waals surface area contributed by atoms with Gasteiger partial charge < -0.3 is 15.5 Å². The molecule has 0 spiro atoms. The van der Waals surface area contributed by atoms with Gasteiger partial charge in [-0.05, 0) is 38.1 Å². The predicted octanol–water partition coefficient (Wildman–Crippen LogP) is 2.75. The normalized spacial score (nSPS) is 15.0. The SMILES string of the molecule is CN=C(NCc1cccc(CN(C)C)c1)NC1CC=CC1.I. The van der Waals surface area contributed by atoms with E-state index in [0.29, 0.717) is 6.04 Å². The fraction of sp³-hybridized carbons (Fsp3) is 0.471. The summed E-state index contributed by atoms with van der Waals surface area (Å²) < 4.78 is 0. The highest BCUT2D eigenvalue weighted by Gasteiger charge is 2.11. The fourth-order valence-electron chi connectivity index (χ4n) is 2.51. The van der Waals surface area contributed by atoms with Gasteiger partial charge in [0.05, 0.1) is 0 Å². The molecule has 5 heteroatoms. The van der Waals surface area contributed by atoms with Crippen molar-refractivity contribution in [2.45, 2.75) is 32.0 Å². The molecule has 0 aliphatic heterocycles. The molecule has 0 atom stereocenters. The predicted molar refractivity (Wildman–Crippen MR) is 105 cm³/mol. The summed E-state index contributed by atoms with van der Waals surface area (Å²) in [7, 11) is 6.00. The van der Waals surface area contributed by atoms with Gasteiger partial charge in [-0.15, -0.1) is 24.0 Å². The number of guanidine groups is 1. The number of hydrogen-bond acceptors (Lipinski definition) is 2. The number of nitrogens with one attached hydrogen (secondary N) is 2. The largest absolute Gasteiger partial charge is 0.353 e. The molecule has 0 fully saturated rings. The Balaban J connectivity index is 0.00000242. The van der Waals surface area contributed by atoms with Crippen LogP contribution >= 0.6 is 24.0 Å². The molecule has 4 nitrogen and oxygen atoms in total. The molecule has 0 bridgehead atoms. The molecule has 1 aliphatic carbocycles. The van der Waals surface area contributed by atoms with Crippen LogP contribution in [0.1, 0.15) is 24.0 Å². The van der Waals surface area contributed by atoms with Crippen LogP contribution in [-0.2, 0) is 13.1 Å². The highest BCUT2D eigenvalue weighted by Crippen LogP contribution is 2.09. The summed E-state index contributed by atoms with van der Waals surface area (Å²) in [4.78, 5) is 6.48. The van der Waals surface area contributed by atoms with Gasteiger partial charge >= 0.3 is 0 Å². The zero-order valence-corrected chi connectivity index (χ0v) is 16.0. The Labute approximate surface area is 151 Å². The van der Waals surface area contributed by atoms with Crippen LogP contribution in [0.15, 0.2) is 41.4 Å². The monoisotopic (exact) mass is 414 g/mol. The van der Waals surface area contributed by atoms with Gasteiger partial charge in [0.1, 0.15) is 0 Å². The molecule has 2 rings (SSSR count). The Hall–Kier alpha value is -1.08. The van der Waals surface area contributed by atoms with Crippen LogP contribution in [-0.4, -0.2) is 38.0 Å². The van der Waals surface area contributed by atoms with E-state index in [2.05, 4.69) is 71.0 Å². The van der Waals surface area contributed by atoms with Crippen molar-refractivity contribution in [3.8, 4) is 0 Å². The van der Waals surface area contributed by atoms with E-state index in [9.17, 15) is 0 Å². The summed E-state index contributed by atoms with van der Waals surface area (Å²) in [6, 6.07) is 9.16. The minimum absolute atomic E-state index is 0. The molecule has 122 valence electrons. The number of aliphatic imine (C=N–C) groups is 1. The van der Waals surface area contributed by atoms with Crippen molar-refractivity contribution in [3.63, 3.8) is 0 Å². The van der Waals surface area contributed by atoms with E-state index in [1.807, 2.05) is 7.05 Å². The average Bonchev–Trinajstić information content (AvgIpc) is 2.96. The standard InChI is InChI=1S/C17H26N4.HI/c1-18-17(20-16-9-4-5-10-16)19-12-14-7-6-8-15(11-14)13-21(2)3;/h4-8,11,16H,9-10,12-13H2,1-3H3,(H2,18,19,20);1H. The number of benzene rings is 1. The van der Waals surface area contributed by atoms with Crippen molar-refractivity contribution in [1.29, 1.82) is 0 Å². The van der Waals surface area contributed by atoms with Gasteiger partial charge in [-0.25, -0.2) is 0 Å². The van der Waals surface area contributed by atoms with Gasteiger partial charge in [0.15, 0.2) is 5.96 Å². The third-order valence-electron chi connectivity index (χ3n) is 3.52. The van der Waals surface area contributed by atoms with Crippen LogP contribution in [0.4, 0.5) is 0 Å². The summed E-state index contributed by atoms with van der Waals surface area (Å²) in [5, 5.41) is 6.84. The molecule has 1 aromatic carbocycles. The second-order valence-electron chi connectivity index (χ2n) is 5.77. The van der Waals surface area contributed by atoms with Crippen molar-refractivity contribution in [2.24, 2.45) is 4.99 Å². The van der Waals surface area contributed by atoms with Crippen molar-refractivity contribution in [2.75, 3.05) is 21.1 Å². The molecule has 0 aromatic heterocycles. The minimum atomic E-state index is 0. The van der Waals surface area contributed by atoms with Gasteiger partial charge in [0.25, 0.3) is 0 Å². The number of halogens is 1. The zero-order chi connectivity index (χ0) is 15.1. The van der Waals surface area contributed by atoms with Crippen LogP contribution in [0.3, 0.4) is 0 Å². The first kappa shape index (κ1) is 19.0. The van der Waals surface area contributed by atoms with Crippen LogP contribution in [0.2, 0.25) is 0 Å². The Morgan fingerprint density at radius 3 is 2.55 bits per heavy atom. The van der Waals surface area contributed by atoms with Crippen LogP contribution < -0.4 is 10.6 Å². The molecule has 0 saturated heterocycles. The maximum atomic E-state index is 4.30. The molecule has 1 aromatic rings. The maximum absolute atomic E-state index is 4.30. The smallest absolute Gasteiger partial charge is 0.191 e. The first-order valence-electron chi connectivity index (χ1n) is 7.52. The van der Waals surface area contributed by atoms with E-state index in [0.717, 1.165) is 31.9 Å². The van der Waals surface area contributed by atoms with Gasteiger partial charge in [0, 0.05) is 26.2 Å². The highest BCUT2D eigenvalue weighted by molar-refractivity contribution is 14.0. The van der Waals surface area contributed by atoms with E-state index in [-0.39, 0.29) is 24.0 Å². The molecule has 0 radical (unpaired) electrons. The fourth-order valence-corrected chi connectivity index (χ4v) is 2.51. The Morgan fingerprint density at radius 1 is 1.23 bits per heavy atom. The van der Waals surface area contributed by atoms with Crippen molar-refractivity contribution >= 4 is 29.9 Å². The molecular weight excluding hydrogens is 387 g/mol. The van der Waals surface area contributed by atoms with Gasteiger partial charge in [-0.1, -0.05) is 36.4 Å². The summed E-state index contributed by atoms with van der Waals surface area (Å²) in [6.45, 7) is 1.76. The molecule has 0 unspecified atom stereocenters. The Kier molecular flexibility index (Phi) is 8.48. The van der Waals surface area contributed by atoms with E-state index in [1.165, 1.54) is 11.1 Å². The molecule has 1 aliphatic rings. The molecule has 22 heavy (non-hydrogen) atoms. The van der Waals surface area contributed by atoms with Gasteiger partial charge in [-0.3, -0.25) is 4.99 Å². The third-order valence-corrected chi connectivity index (χ3v) is 3.52. The molecule has 0 amide bonds. The molecule has 0 saturated carbocycles. The van der Waals surface area contributed by atoms with Crippen molar-refractivity contribution in [3.05, 3.63) is 47.5 Å². The Bertz CT molecular complexity index is 503. The summed E-state index contributed by atoms with van der Waals surface area (Å²) in [6.07, 6.45) is 6.60. The molecular formula is C17H27IN4. The summed E-state index contributed by atoms with van der Waals surface area (Å²) >= 11 is 0. The number of hydrogen-bond donors (Lipinski definition) is 2. The van der Waals surface area contributed by atoms with Crippen LogP contribution in [0.25, 0.3) is 0 Å². The first-order valence-corrected chi connectivity index (χ1v) is 7.52. The number of rotatable bonds is 5. The van der Waals surface area contributed by atoms with E-state index in [4.69, 9.17) is 0 Å². The van der Waals surface area contributed by atoms with E-state index in [1.54, 1.807) is 0 Å². The molecule has 0 heterocycles. The quantitative estimate of drug-likeness (QED) is 0.337. The second-order valence-corrected chi connectivity index (χ2v) is 5.77. The van der Waals surface area contributed by atoms with Gasteiger partial charge in [0.2, 0.25) is 0 Å². The third kappa shape index (κ3) is 6.36. The summed E-state index contributed by atoms with van der Waals surface area (Å²) in [5.74, 6) is 0.877. The highest BCUT2D eigenvalue weighted by atomic mass is 127. The average molecular weight is 414 g/mol. The lowest BCUT2D eigenvalue weighted by Crippen LogP contribution is -2.42. The van der Waals surface area contributed by atoms with Crippen LogP contribution in [0.5, 0.6) is 0 Å². The van der Waals surface area contributed by atoms with Crippen LogP contribution in [0, 0.1) is 0 Å². The second kappa shape index (κ2) is 9.84.